The number of hydrazine groups is 1. The van der Waals surface area contributed by atoms with Gasteiger partial charge in [-0.25, -0.2) is 9.37 Å². The first-order chi connectivity index (χ1) is 24.9. The quantitative estimate of drug-likeness (QED) is 0.104. The van der Waals surface area contributed by atoms with Gasteiger partial charge in [-0.3, -0.25) is 25.4 Å². The summed E-state index contributed by atoms with van der Waals surface area (Å²) in [5.74, 6) is 1.19. The van der Waals surface area contributed by atoms with Crippen molar-refractivity contribution in [2.75, 3.05) is 39.2 Å². The van der Waals surface area contributed by atoms with Gasteiger partial charge in [0.15, 0.2) is 23.0 Å². The first kappa shape index (κ1) is 36.9. The van der Waals surface area contributed by atoms with Crippen LogP contribution in [0.1, 0.15) is 31.8 Å². The number of fused-ring (bicyclic) bond motifs is 2. The van der Waals surface area contributed by atoms with Crippen LogP contribution in [0.5, 0.6) is 23.0 Å². The number of aryl methyl sites for hydroxylation is 2. The van der Waals surface area contributed by atoms with Crippen molar-refractivity contribution in [2.24, 2.45) is 5.73 Å². The second kappa shape index (κ2) is 16.1. The number of hydrogen-bond donors (Lipinski definition) is 4. The summed E-state index contributed by atoms with van der Waals surface area (Å²) in [6, 6.07) is 20.1. The number of aromatic nitrogens is 2. The monoisotopic (exact) mass is 726 g/mol. The molecular formula is C38H36ClFN6O6. The molecule has 0 atom stereocenters. The van der Waals surface area contributed by atoms with Crippen LogP contribution in [-0.4, -0.2) is 50.2 Å². The number of ether oxygens (including phenoxy) is 4. The highest BCUT2D eigenvalue weighted by Crippen LogP contribution is 2.35. The van der Waals surface area contributed by atoms with Gasteiger partial charge in [0.25, 0.3) is 11.8 Å². The van der Waals surface area contributed by atoms with Gasteiger partial charge in [0.05, 0.1) is 56.3 Å². The van der Waals surface area contributed by atoms with Crippen LogP contribution in [0.4, 0.5) is 21.6 Å². The number of rotatable bonds is 10. The molecule has 12 nitrogen and oxygen atoms in total. The highest BCUT2D eigenvalue weighted by molar-refractivity contribution is 6.30. The summed E-state index contributed by atoms with van der Waals surface area (Å²) < 4.78 is 34.5. The molecule has 6 aromatic rings. The lowest BCUT2D eigenvalue weighted by Crippen LogP contribution is -2.29. The maximum Gasteiger partial charge on any atom is 0.271 e. The van der Waals surface area contributed by atoms with Gasteiger partial charge in [0, 0.05) is 39.8 Å². The van der Waals surface area contributed by atoms with Gasteiger partial charge in [-0.05, 0) is 73.5 Å². The fourth-order valence-electron chi connectivity index (χ4n) is 5.15. The molecule has 2 amide bonds. The van der Waals surface area contributed by atoms with Crippen LogP contribution in [-0.2, 0) is 0 Å². The summed E-state index contributed by atoms with van der Waals surface area (Å²) in [7, 11) is 6.18. The lowest BCUT2D eigenvalue weighted by Gasteiger charge is -2.14. The molecule has 14 heteroatoms. The Bertz CT molecular complexity index is 2300. The Hall–Kier alpha value is -6.34. The number of carbonyl (C=O) groups excluding carboxylic acids is 2. The fraction of sp³-hybridized carbons (Fsp3) is 0.158. The Balaban J connectivity index is 0.000000201. The highest BCUT2D eigenvalue weighted by atomic mass is 35.5. The smallest absolute Gasteiger partial charge is 0.271 e. The second-order valence-electron chi connectivity index (χ2n) is 11.4. The van der Waals surface area contributed by atoms with Crippen LogP contribution in [0.15, 0.2) is 79.0 Å². The summed E-state index contributed by atoms with van der Waals surface area (Å²) in [6.07, 6.45) is 1.46. The Morgan fingerprint density at radius 1 is 0.731 bits per heavy atom. The SMILES string of the molecule is COc1cc2cc(C(=O)NNc3cc(F)ccc3C)cnc2cc1OC.COc1cc2cc(C(N)=O)c(Nc3cc(Cl)ccc3C)nc2cc1OC. The van der Waals surface area contributed by atoms with Crippen LogP contribution < -0.4 is 40.8 Å². The first-order valence-electron chi connectivity index (χ1n) is 15.7. The molecule has 0 fully saturated rings. The summed E-state index contributed by atoms with van der Waals surface area (Å²) >= 11 is 6.07. The van der Waals surface area contributed by atoms with E-state index in [0.717, 1.165) is 22.2 Å². The summed E-state index contributed by atoms with van der Waals surface area (Å²) in [5, 5.41) is 5.17. The predicted octanol–water partition coefficient (Wildman–Crippen LogP) is 7.51. The number of nitrogens with two attached hydrogens (primary N) is 1. The molecule has 0 aliphatic rings. The number of amides is 2. The number of benzene rings is 4. The van der Waals surface area contributed by atoms with Gasteiger partial charge in [-0.1, -0.05) is 23.7 Å². The number of nitrogens with one attached hydrogen (secondary N) is 3. The Morgan fingerprint density at radius 2 is 1.31 bits per heavy atom. The van der Waals surface area contributed by atoms with Crippen LogP contribution >= 0.6 is 11.6 Å². The standard InChI is InChI=1S/C19H18ClN3O3.C19H18FN3O3/c1-10-4-5-12(20)8-14(10)22-19-13(18(21)24)6-11-7-16(25-2)17(26-3)9-15(11)23-19;1-11-4-5-14(20)8-15(11)22-23-19(24)13-6-12-7-17(25-2)18(26-3)9-16(12)21-10-13/h4-9H,1-3H3,(H2,21,24)(H,22,23);4-10,22H,1-3H3,(H,23,24). The van der Waals surface area contributed by atoms with Gasteiger partial charge >= 0.3 is 0 Å². The Labute approximate surface area is 304 Å². The third-order valence-electron chi connectivity index (χ3n) is 8.00. The first-order valence-corrected chi connectivity index (χ1v) is 16.1. The van der Waals surface area contributed by atoms with E-state index in [-0.39, 0.29) is 11.4 Å². The molecule has 0 unspecified atom stereocenters. The maximum atomic E-state index is 13.3. The third kappa shape index (κ3) is 8.33. The van der Waals surface area contributed by atoms with Crippen LogP contribution in [0.3, 0.4) is 0 Å². The van der Waals surface area contributed by atoms with Gasteiger partial charge in [-0.15, -0.1) is 0 Å². The zero-order chi connectivity index (χ0) is 37.5. The number of anilines is 3. The van der Waals surface area contributed by atoms with Crippen molar-refractivity contribution in [2.45, 2.75) is 13.8 Å². The molecular weight excluding hydrogens is 691 g/mol. The molecule has 0 saturated heterocycles. The molecule has 6 rings (SSSR count). The molecule has 5 N–H and O–H groups in total. The van der Waals surface area contributed by atoms with Gasteiger partial charge in [-0.2, -0.15) is 0 Å². The minimum atomic E-state index is -0.587. The van der Waals surface area contributed by atoms with Crippen molar-refractivity contribution in [3.63, 3.8) is 0 Å². The van der Waals surface area contributed by atoms with E-state index < -0.39 is 11.8 Å². The molecule has 2 aromatic heterocycles. The molecule has 0 bridgehead atoms. The average Bonchev–Trinajstić information content (AvgIpc) is 3.14. The number of methoxy groups -OCH3 is 4. The molecule has 2 heterocycles. The number of pyridine rings is 2. The van der Waals surface area contributed by atoms with Crippen molar-refractivity contribution in [3.05, 3.63) is 112 Å². The average molecular weight is 727 g/mol. The van der Waals surface area contributed by atoms with E-state index in [1.165, 1.54) is 18.3 Å². The maximum absolute atomic E-state index is 13.3. The molecule has 52 heavy (non-hydrogen) atoms. The van der Waals surface area contributed by atoms with Crippen molar-refractivity contribution >= 4 is 62.4 Å². The topological polar surface area (TPSA) is 159 Å². The molecule has 0 radical (unpaired) electrons. The van der Waals surface area contributed by atoms with E-state index in [4.69, 9.17) is 36.3 Å². The van der Waals surface area contributed by atoms with E-state index in [2.05, 4.69) is 26.1 Å². The summed E-state index contributed by atoms with van der Waals surface area (Å²) in [6.45, 7) is 3.74. The second-order valence-corrected chi connectivity index (χ2v) is 11.8. The van der Waals surface area contributed by atoms with Gasteiger partial charge in [0.1, 0.15) is 11.6 Å². The van der Waals surface area contributed by atoms with E-state index >= 15 is 0 Å². The number of hydrogen-bond acceptors (Lipinski definition) is 10. The van der Waals surface area contributed by atoms with Gasteiger partial charge in [0.2, 0.25) is 0 Å². The number of nitrogens with zero attached hydrogens (tertiary/aromatic N) is 2. The molecule has 0 spiro atoms. The van der Waals surface area contributed by atoms with Crippen molar-refractivity contribution < 1.29 is 32.9 Å². The fourth-order valence-corrected chi connectivity index (χ4v) is 5.32. The highest BCUT2D eigenvalue weighted by Gasteiger charge is 2.16. The Morgan fingerprint density at radius 3 is 1.94 bits per heavy atom. The van der Waals surface area contributed by atoms with Crippen molar-refractivity contribution in [3.8, 4) is 23.0 Å². The third-order valence-corrected chi connectivity index (χ3v) is 8.23. The predicted molar refractivity (Wildman–Crippen MR) is 200 cm³/mol. The lowest BCUT2D eigenvalue weighted by atomic mass is 10.1. The van der Waals surface area contributed by atoms with E-state index in [1.54, 1.807) is 83.0 Å². The zero-order valence-electron chi connectivity index (χ0n) is 29.2. The minimum Gasteiger partial charge on any atom is -0.493 e. The number of halogens is 2. The van der Waals surface area contributed by atoms with Gasteiger partial charge < -0.3 is 30.0 Å². The molecule has 0 aliphatic carbocycles. The van der Waals surface area contributed by atoms with Crippen LogP contribution in [0, 0.1) is 19.7 Å². The summed E-state index contributed by atoms with van der Waals surface area (Å²) in [4.78, 5) is 33.2. The van der Waals surface area contributed by atoms with Crippen molar-refractivity contribution in [1.82, 2.24) is 15.4 Å². The molecule has 4 aromatic carbocycles. The normalized spacial score (nSPS) is 10.5. The van der Waals surface area contributed by atoms with E-state index in [1.807, 2.05) is 19.9 Å². The van der Waals surface area contributed by atoms with Crippen LogP contribution in [0.25, 0.3) is 21.8 Å². The Kier molecular flexibility index (Phi) is 11.5. The molecule has 0 saturated carbocycles. The van der Waals surface area contributed by atoms with Crippen LogP contribution in [0.2, 0.25) is 5.02 Å². The van der Waals surface area contributed by atoms with E-state index in [9.17, 15) is 14.0 Å². The minimum absolute atomic E-state index is 0.268. The number of carbonyl (C=O) groups is 2. The van der Waals surface area contributed by atoms with E-state index in [0.29, 0.717) is 61.5 Å². The summed E-state index contributed by atoms with van der Waals surface area (Å²) in [5.41, 5.74) is 15.7. The number of primary amides is 1. The zero-order valence-corrected chi connectivity index (χ0v) is 29.9. The molecule has 268 valence electrons. The molecule has 0 aliphatic heterocycles. The largest absolute Gasteiger partial charge is 0.493 e. The van der Waals surface area contributed by atoms with Crippen molar-refractivity contribution in [1.29, 1.82) is 0 Å². The lowest BCUT2D eigenvalue weighted by molar-refractivity contribution is 0.0960.